The molecule has 0 aliphatic heterocycles. The summed E-state index contributed by atoms with van der Waals surface area (Å²) in [5.41, 5.74) is 2.11. The van der Waals surface area contributed by atoms with Gasteiger partial charge in [0, 0.05) is 30.7 Å². The van der Waals surface area contributed by atoms with E-state index in [-0.39, 0.29) is 5.75 Å². The summed E-state index contributed by atoms with van der Waals surface area (Å²) in [4.78, 5) is 4.15. The lowest BCUT2D eigenvalue weighted by Crippen LogP contribution is -2.19. The fraction of sp³-hybridized carbons (Fsp3) is 0.118. The molecule has 0 saturated carbocycles. The molecular formula is C17H17N3O2S. The van der Waals surface area contributed by atoms with Gasteiger partial charge in [0.25, 0.3) is 0 Å². The molecule has 3 rings (SSSR count). The van der Waals surface area contributed by atoms with Crippen LogP contribution in [0.15, 0.2) is 73.2 Å². The third-order valence-corrected chi connectivity index (χ3v) is 4.68. The lowest BCUT2D eigenvalue weighted by molar-refractivity contribution is 0.600. The number of sulfonamides is 1. The highest BCUT2D eigenvalue weighted by Crippen LogP contribution is 2.21. The van der Waals surface area contributed by atoms with Crippen LogP contribution in [0.1, 0.15) is 5.69 Å². The first-order chi connectivity index (χ1) is 11.1. The van der Waals surface area contributed by atoms with E-state index >= 15 is 0 Å². The normalized spacial score (nSPS) is 11.3. The van der Waals surface area contributed by atoms with Crippen LogP contribution < -0.4 is 4.72 Å². The summed E-state index contributed by atoms with van der Waals surface area (Å²) in [6.07, 6.45) is 5.79. The average Bonchev–Trinajstić information content (AvgIpc) is 3.09. The maximum atomic E-state index is 12.3. The molecule has 2 heterocycles. The fourth-order valence-corrected chi connectivity index (χ4v) is 3.37. The molecule has 0 spiro atoms. The minimum absolute atomic E-state index is 0.00989. The van der Waals surface area contributed by atoms with Crippen molar-refractivity contribution >= 4 is 15.7 Å². The largest absolute Gasteiger partial charge is 0.322 e. The Labute approximate surface area is 135 Å². The predicted octanol–water partition coefficient (Wildman–Crippen LogP) is 2.86. The second kappa shape index (κ2) is 6.66. The molecule has 1 N–H and O–H groups in total. The summed E-state index contributed by atoms with van der Waals surface area (Å²) in [5.74, 6) is -0.00989. The van der Waals surface area contributed by atoms with Crippen molar-refractivity contribution in [2.45, 2.75) is 6.42 Å². The van der Waals surface area contributed by atoms with Crippen LogP contribution in [0.3, 0.4) is 0 Å². The lowest BCUT2D eigenvalue weighted by atomic mass is 10.3. The van der Waals surface area contributed by atoms with Crippen molar-refractivity contribution in [1.29, 1.82) is 0 Å². The van der Waals surface area contributed by atoms with E-state index in [4.69, 9.17) is 0 Å². The van der Waals surface area contributed by atoms with Gasteiger partial charge in [0.2, 0.25) is 10.0 Å². The first-order valence-electron chi connectivity index (χ1n) is 7.27. The fourth-order valence-electron chi connectivity index (χ4n) is 2.28. The van der Waals surface area contributed by atoms with Crippen LogP contribution in [0, 0.1) is 0 Å². The van der Waals surface area contributed by atoms with Gasteiger partial charge in [-0.1, -0.05) is 18.2 Å². The second-order valence-corrected chi connectivity index (χ2v) is 6.94. The number of aromatic nitrogens is 2. The van der Waals surface area contributed by atoms with Crippen LogP contribution in [-0.2, 0) is 16.4 Å². The Morgan fingerprint density at radius 1 is 0.957 bits per heavy atom. The van der Waals surface area contributed by atoms with Crippen molar-refractivity contribution in [3.8, 4) is 5.69 Å². The van der Waals surface area contributed by atoms with Crippen molar-refractivity contribution < 1.29 is 8.42 Å². The summed E-state index contributed by atoms with van der Waals surface area (Å²) in [5, 5.41) is 0. The minimum atomic E-state index is -3.45. The number of pyridine rings is 1. The number of para-hydroxylation sites is 2. The van der Waals surface area contributed by atoms with Crippen LogP contribution in [-0.4, -0.2) is 23.7 Å². The molecular weight excluding hydrogens is 310 g/mol. The number of rotatable bonds is 6. The molecule has 0 unspecified atom stereocenters. The molecule has 0 saturated heterocycles. The van der Waals surface area contributed by atoms with E-state index in [1.807, 2.05) is 65.5 Å². The quantitative estimate of drug-likeness (QED) is 0.757. The number of nitrogens with zero attached hydrogens (tertiary/aromatic N) is 2. The lowest BCUT2D eigenvalue weighted by Gasteiger charge is -2.13. The van der Waals surface area contributed by atoms with E-state index in [9.17, 15) is 8.42 Å². The number of nitrogens with one attached hydrogen (secondary N) is 1. The van der Waals surface area contributed by atoms with Gasteiger partial charge in [-0.15, -0.1) is 0 Å². The molecule has 0 atom stereocenters. The highest BCUT2D eigenvalue weighted by atomic mass is 32.2. The van der Waals surface area contributed by atoms with Gasteiger partial charge in [0.1, 0.15) is 0 Å². The van der Waals surface area contributed by atoms with E-state index in [2.05, 4.69) is 9.71 Å². The molecule has 0 aliphatic carbocycles. The zero-order valence-corrected chi connectivity index (χ0v) is 13.3. The third-order valence-electron chi connectivity index (χ3n) is 3.41. The first kappa shape index (κ1) is 15.3. The number of hydrogen-bond acceptors (Lipinski definition) is 3. The van der Waals surface area contributed by atoms with Crippen LogP contribution in [0.4, 0.5) is 5.69 Å². The number of hydrogen-bond donors (Lipinski definition) is 1. The van der Waals surface area contributed by atoms with Gasteiger partial charge in [-0.2, -0.15) is 0 Å². The number of aryl methyl sites for hydroxylation is 1. The van der Waals surface area contributed by atoms with Crippen molar-refractivity contribution in [3.05, 3.63) is 78.9 Å². The summed E-state index contributed by atoms with van der Waals surface area (Å²) in [6, 6.07) is 16.6. The molecule has 6 heteroatoms. The van der Waals surface area contributed by atoms with Gasteiger partial charge in [-0.05, 0) is 36.4 Å². The van der Waals surface area contributed by atoms with E-state index in [1.165, 1.54) is 0 Å². The van der Waals surface area contributed by atoms with Gasteiger partial charge >= 0.3 is 0 Å². The molecule has 0 amide bonds. The first-order valence-corrected chi connectivity index (χ1v) is 8.92. The maximum absolute atomic E-state index is 12.3. The third kappa shape index (κ3) is 3.98. The van der Waals surface area contributed by atoms with Crippen molar-refractivity contribution in [2.75, 3.05) is 10.5 Å². The SMILES string of the molecule is O=S(=O)(CCc1ccccn1)Nc1ccccc1-n1cccc1. The summed E-state index contributed by atoms with van der Waals surface area (Å²) >= 11 is 0. The Morgan fingerprint density at radius 2 is 1.70 bits per heavy atom. The van der Waals surface area contributed by atoms with Crippen molar-refractivity contribution in [1.82, 2.24) is 9.55 Å². The number of benzene rings is 1. The molecule has 1 aromatic carbocycles. The Balaban J connectivity index is 1.76. The molecule has 3 aromatic rings. The van der Waals surface area contributed by atoms with Crippen LogP contribution >= 0.6 is 0 Å². The Bertz CT molecular complexity index is 860. The second-order valence-electron chi connectivity index (χ2n) is 5.10. The van der Waals surface area contributed by atoms with E-state index in [1.54, 1.807) is 12.3 Å². The maximum Gasteiger partial charge on any atom is 0.233 e. The summed E-state index contributed by atoms with van der Waals surface area (Å²) in [6.45, 7) is 0. The van der Waals surface area contributed by atoms with E-state index in [0.29, 0.717) is 12.1 Å². The molecule has 5 nitrogen and oxygen atoms in total. The summed E-state index contributed by atoms with van der Waals surface area (Å²) < 4.78 is 29.2. The van der Waals surface area contributed by atoms with Gasteiger partial charge in [0.15, 0.2) is 0 Å². The van der Waals surface area contributed by atoms with E-state index in [0.717, 1.165) is 11.4 Å². The molecule has 0 fully saturated rings. The highest BCUT2D eigenvalue weighted by molar-refractivity contribution is 7.92. The summed E-state index contributed by atoms with van der Waals surface area (Å²) in [7, 11) is -3.45. The average molecular weight is 327 g/mol. The molecule has 2 aromatic heterocycles. The standard InChI is InChI=1S/C17H17N3O2S/c21-23(22,14-10-15-7-3-4-11-18-15)19-16-8-1-2-9-17(16)20-12-5-6-13-20/h1-9,11-13,19H,10,14H2. The molecule has 0 bridgehead atoms. The van der Waals surface area contributed by atoms with Crippen molar-refractivity contribution in [3.63, 3.8) is 0 Å². The van der Waals surface area contributed by atoms with Gasteiger partial charge in [0.05, 0.1) is 17.1 Å². The number of anilines is 1. The molecule has 118 valence electrons. The Morgan fingerprint density at radius 3 is 2.43 bits per heavy atom. The predicted molar refractivity (Wildman–Crippen MR) is 91.1 cm³/mol. The van der Waals surface area contributed by atoms with Crippen LogP contribution in [0.25, 0.3) is 5.69 Å². The highest BCUT2D eigenvalue weighted by Gasteiger charge is 2.14. The topological polar surface area (TPSA) is 64.0 Å². The van der Waals surface area contributed by atoms with Gasteiger partial charge in [-0.3, -0.25) is 9.71 Å². The molecule has 23 heavy (non-hydrogen) atoms. The van der Waals surface area contributed by atoms with E-state index < -0.39 is 10.0 Å². The monoisotopic (exact) mass is 327 g/mol. The Hall–Kier alpha value is -2.60. The molecule has 0 aliphatic rings. The van der Waals surface area contributed by atoms with Gasteiger partial charge in [-0.25, -0.2) is 8.42 Å². The van der Waals surface area contributed by atoms with Crippen LogP contribution in [0.2, 0.25) is 0 Å². The molecule has 0 radical (unpaired) electrons. The van der Waals surface area contributed by atoms with Gasteiger partial charge < -0.3 is 4.57 Å². The van der Waals surface area contributed by atoms with Crippen LogP contribution in [0.5, 0.6) is 0 Å². The zero-order valence-electron chi connectivity index (χ0n) is 12.5. The smallest absolute Gasteiger partial charge is 0.233 e. The minimum Gasteiger partial charge on any atom is -0.322 e. The Kier molecular flexibility index (Phi) is 4.43. The van der Waals surface area contributed by atoms with Crippen molar-refractivity contribution in [2.24, 2.45) is 0 Å². The zero-order chi connectivity index (χ0) is 16.1.